The first-order valence-corrected chi connectivity index (χ1v) is 4.19. The summed E-state index contributed by atoms with van der Waals surface area (Å²) in [6.45, 7) is 0. The van der Waals surface area contributed by atoms with Crippen molar-refractivity contribution in [1.82, 2.24) is 20.2 Å². The molecule has 0 aliphatic heterocycles. The lowest BCUT2D eigenvalue weighted by molar-refractivity contribution is 0.159. The quantitative estimate of drug-likeness (QED) is 0.632. The minimum Gasteiger partial charge on any atom is -0.392 e. The van der Waals surface area contributed by atoms with Gasteiger partial charge in [0.15, 0.2) is 5.82 Å². The summed E-state index contributed by atoms with van der Waals surface area (Å²) in [7, 11) is 1.81. The van der Waals surface area contributed by atoms with Gasteiger partial charge in [-0.2, -0.15) is 0 Å². The molecule has 1 N–H and O–H groups in total. The molecule has 1 heterocycles. The number of aromatic nitrogens is 4. The van der Waals surface area contributed by atoms with Crippen LogP contribution in [-0.2, 0) is 7.05 Å². The monoisotopic (exact) mass is 168 g/mol. The Morgan fingerprint density at radius 2 is 2.33 bits per heavy atom. The second-order valence-electron chi connectivity index (χ2n) is 3.27. The Balaban J connectivity index is 2.24. The van der Waals surface area contributed by atoms with Gasteiger partial charge in [0.05, 0.1) is 6.10 Å². The molecule has 1 fully saturated rings. The topological polar surface area (TPSA) is 63.8 Å². The third-order valence-electron chi connectivity index (χ3n) is 2.46. The van der Waals surface area contributed by atoms with Gasteiger partial charge < -0.3 is 5.11 Å². The summed E-state index contributed by atoms with van der Waals surface area (Å²) in [5, 5.41) is 20.8. The van der Waals surface area contributed by atoms with E-state index in [1.807, 2.05) is 0 Å². The average Bonchev–Trinajstić information content (AvgIpc) is 2.59. The molecule has 1 aliphatic rings. The number of tetrazole rings is 1. The molecule has 66 valence electrons. The van der Waals surface area contributed by atoms with Gasteiger partial charge in [0.1, 0.15) is 0 Å². The Morgan fingerprint density at radius 1 is 1.50 bits per heavy atom. The molecule has 2 rings (SSSR count). The minimum atomic E-state index is -0.255. The highest BCUT2D eigenvalue weighted by atomic mass is 16.3. The van der Waals surface area contributed by atoms with Gasteiger partial charge in [-0.3, -0.25) is 0 Å². The second kappa shape index (κ2) is 2.82. The summed E-state index contributed by atoms with van der Waals surface area (Å²) < 4.78 is 1.64. The van der Waals surface area contributed by atoms with Gasteiger partial charge in [-0.1, -0.05) is 6.42 Å². The number of rotatable bonds is 1. The van der Waals surface area contributed by atoms with E-state index < -0.39 is 0 Å². The Bertz CT molecular complexity index is 272. The van der Waals surface area contributed by atoms with Crippen LogP contribution in [0, 0.1) is 0 Å². The molecule has 0 saturated heterocycles. The summed E-state index contributed by atoms with van der Waals surface area (Å²) >= 11 is 0. The highest BCUT2D eigenvalue weighted by Gasteiger charge is 2.30. The molecule has 1 aromatic heterocycles. The van der Waals surface area contributed by atoms with Crippen LogP contribution in [0.1, 0.15) is 31.0 Å². The van der Waals surface area contributed by atoms with Crippen LogP contribution in [0.3, 0.4) is 0 Å². The highest BCUT2D eigenvalue weighted by Crippen LogP contribution is 2.32. The summed E-state index contributed by atoms with van der Waals surface area (Å²) in [6, 6.07) is 0. The molecule has 0 spiro atoms. The molecule has 0 amide bonds. The van der Waals surface area contributed by atoms with Crippen LogP contribution >= 0.6 is 0 Å². The summed E-state index contributed by atoms with van der Waals surface area (Å²) in [4.78, 5) is 0. The van der Waals surface area contributed by atoms with Gasteiger partial charge >= 0.3 is 0 Å². The van der Waals surface area contributed by atoms with Crippen molar-refractivity contribution in [2.24, 2.45) is 7.05 Å². The number of aliphatic hydroxyl groups is 1. The van der Waals surface area contributed by atoms with Crippen molar-refractivity contribution in [3.05, 3.63) is 5.82 Å². The molecule has 0 radical (unpaired) electrons. The molecule has 0 bridgehead atoms. The number of nitrogens with zero attached hydrogens (tertiary/aromatic N) is 4. The minimum absolute atomic E-state index is 0.144. The van der Waals surface area contributed by atoms with E-state index in [-0.39, 0.29) is 12.0 Å². The lowest BCUT2D eigenvalue weighted by Gasteiger charge is -2.11. The maximum absolute atomic E-state index is 9.58. The van der Waals surface area contributed by atoms with Crippen molar-refractivity contribution in [1.29, 1.82) is 0 Å². The summed E-state index contributed by atoms with van der Waals surface area (Å²) in [5.74, 6) is 0.949. The average molecular weight is 168 g/mol. The van der Waals surface area contributed by atoms with E-state index in [9.17, 15) is 5.11 Å². The third-order valence-corrected chi connectivity index (χ3v) is 2.46. The van der Waals surface area contributed by atoms with Gasteiger partial charge in [-0.05, 0) is 23.3 Å². The largest absolute Gasteiger partial charge is 0.392 e. The van der Waals surface area contributed by atoms with Crippen LogP contribution in [0.5, 0.6) is 0 Å². The Morgan fingerprint density at radius 3 is 2.83 bits per heavy atom. The molecule has 1 saturated carbocycles. The lowest BCUT2D eigenvalue weighted by atomic mass is 10.1. The van der Waals surface area contributed by atoms with E-state index >= 15 is 0 Å². The van der Waals surface area contributed by atoms with Crippen LogP contribution in [0.4, 0.5) is 0 Å². The van der Waals surface area contributed by atoms with Gasteiger partial charge in [0, 0.05) is 13.0 Å². The predicted molar refractivity (Wildman–Crippen MR) is 41.4 cm³/mol. The Labute approximate surface area is 70.4 Å². The van der Waals surface area contributed by atoms with Crippen molar-refractivity contribution >= 4 is 0 Å². The molecule has 1 aromatic rings. The van der Waals surface area contributed by atoms with Crippen LogP contribution in [0.2, 0.25) is 0 Å². The Hall–Kier alpha value is -0.970. The van der Waals surface area contributed by atoms with E-state index in [2.05, 4.69) is 15.5 Å². The molecule has 2 unspecified atom stereocenters. The predicted octanol–water partition coefficient (Wildman–Crippen LogP) is -0.162. The van der Waals surface area contributed by atoms with Crippen molar-refractivity contribution in [2.45, 2.75) is 31.3 Å². The van der Waals surface area contributed by atoms with Crippen LogP contribution in [-0.4, -0.2) is 31.4 Å². The first-order chi connectivity index (χ1) is 5.79. The van der Waals surface area contributed by atoms with Crippen LogP contribution < -0.4 is 0 Å². The normalized spacial score (nSPS) is 29.5. The summed E-state index contributed by atoms with van der Waals surface area (Å²) in [5.41, 5.74) is 0. The SMILES string of the molecule is Cn1nnnc1C1CCCC1O. The highest BCUT2D eigenvalue weighted by molar-refractivity contribution is 5.00. The zero-order valence-electron chi connectivity index (χ0n) is 7.01. The maximum Gasteiger partial charge on any atom is 0.156 e. The van der Waals surface area contributed by atoms with Crippen LogP contribution in [0.15, 0.2) is 0 Å². The van der Waals surface area contributed by atoms with Gasteiger partial charge in [-0.15, -0.1) is 5.10 Å². The Kier molecular flexibility index (Phi) is 1.80. The standard InChI is InChI=1S/C7H12N4O/c1-11-7(8-9-10-11)5-3-2-4-6(5)12/h5-6,12H,2-4H2,1H3. The van der Waals surface area contributed by atoms with Gasteiger partial charge in [0.2, 0.25) is 0 Å². The third kappa shape index (κ3) is 1.10. The number of aryl methyl sites for hydroxylation is 1. The van der Waals surface area contributed by atoms with E-state index in [1.165, 1.54) is 0 Å². The maximum atomic E-state index is 9.58. The lowest BCUT2D eigenvalue weighted by Crippen LogP contribution is -2.15. The molecule has 5 nitrogen and oxygen atoms in total. The number of aliphatic hydroxyl groups excluding tert-OH is 1. The fourth-order valence-corrected chi connectivity index (χ4v) is 1.79. The summed E-state index contributed by atoms with van der Waals surface area (Å²) in [6.07, 6.45) is 2.68. The van der Waals surface area contributed by atoms with Crippen molar-refractivity contribution in [3.8, 4) is 0 Å². The number of hydrogen-bond acceptors (Lipinski definition) is 4. The van der Waals surface area contributed by atoms with E-state index in [1.54, 1.807) is 11.7 Å². The number of hydrogen-bond donors (Lipinski definition) is 1. The van der Waals surface area contributed by atoms with E-state index in [4.69, 9.17) is 0 Å². The molecule has 12 heavy (non-hydrogen) atoms. The van der Waals surface area contributed by atoms with Crippen LogP contribution in [0.25, 0.3) is 0 Å². The van der Waals surface area contributed by atoms with Gasteiger partial charge in [0.25, 0.3) is 0 Å². The molecule has 2 atom stereocenters. The van der Waals surface area contributed by atoms with Crippen molar-refractivity contribution < 1.29 is 5.11 Å². The van der Waals surface area contributed by atoms with E-state index in [0.29, 0.717) is 0 Å². The zero-order valence-corrected chi connectivity index (χ0v) is 7.01. The van der Waals surface area contributed by atoms with E-state index in [0.717, 1.165) is 25.1 Å². The fraction of sp³-hybridized carbons (Fsp3) is 0.857. The smallest absolute Gasteiger partial charge is 0.156 e. The van der Waals surface area contributed by atoms with Crippen molar-refractivity contribution in [3.63, 3.8) is 0 Å². The fourth-order valence-electron chi connectivity index (χ4n) is 1.79. The first-order valence-electron chi connectivity index (χ1n) is 4.19. The first kappa shape index (κ1) is 7.67. The second-order valence-corrected chi connectivity index (χ2v) is 3.27. The molecular weight excluding hydrogens is 156 g/mol. The van der Waals surface area contributed by atoms with Crippen molar-refractivity contribution in [2.75, 3.05) is 0 Å². The molecule has 1 aliphatic carbocycles. The van der Waals surface area contributed by atoms with Gasteiger partial charge in [-0.25, -0.2) is 4.68 Å². The molecule has 0 aromatic carbocycles. The molecular formula is C7H12N4O. The molecule has 5 heteroatoms. The zero-order chi connectivity index (χ0) is 8.55.